The molecule has 136 valence electrons. The third-order valence-corrected chi connectivity index (χ3v) is 5.50. The van der Waals surface area contributed by atoms with Crippen molar-refractivity contribution in [2.24, 2.45) is 5.41 Å². The van der Waals surface area contributed by atoms with Gasteiger partial charge in [-0.2, -0.15) is 0 Å². The van der Waals surface area contributed by atoms with Crippen LogP contribution in [0.4, 0.5) is 10.1 Å². The van der Waals surface area contributed by atoms with Gasteiger partial charge in [0.1, 0.15) is 5.82 Å². The van der Waals surface area contributed by atoms with Crippen LogP contribution in [-0.2, 0) is 0 Å². The first-order chi connectivity index (χ1) is 12.5. The van der Waals surface area contributed by atoms with Crippen molar-refractivity contribution in [1.82, 2.24) is 4.98 Å². The van der Waals surface area contributed by atoms with Crippen molar-refractivity contribution in [3.8, 4) is 0 Å². The number of hydrogen-bond acceptors (Lipinski definition) is 2. The van der Waals surface area contributed by atoms with Crippen LogP contribution in [0.25, 0.3) is 0 Å². The summed E-state index contributed by atoms with van der Waals surface area (Å²) in [4.78, 5) is 6.77. The maximum Gasteiger partial charge on any atom is 0.141 e. The predicted octanol–water partition coefficient (Wildman–Crippen LogP) is 6.70. The van der Waals surface area contributed by atoms with Crippen LogP contribution in [0.3, 0.4) is 0 Å². The standard InChI is InChI=1S/C22H24ClFN2/c1-4-6-13-22(12-5-2)16(3)26(17-10-11-19(24)18(23)15-17)21(22)20-9-7-8-14-25-20/h4,6-11,14-15,21H,3,5,12-13H2,1-2H3. The van der Waals surface area contributed by atoms with E-state index in [1.54, 1.807) is 12.1 Å². The minimum Gasteiger partial charge on any atom is -0.335 e. The average molecular weight is 371 g/mol. The molecule has 1 aromatic carbocycles. The summed E-state index contributed by atoms with van der Waals surface area (Å²) in [6, 6.07) is 10.9. The van der Waals surface area contributed by atoms with Gasteiger partial charge in [0, 0.05) is 23.0 Å². The molecule has 2 nitrogen and oxygen atoms in total. The van der Waals surface area contributed by atoms with Crippen LogP contribution in [0.2, 0.25) is 5.02 Å². The van der Waals surface area contributed by atoms with Crippen LogP contribution >= 0.6 is 11.6 Å². The zero-order valence-corrected chi connectivity index (χ0v) is 16.0. The first-order valence-electron chi connectivity index (χ1n) is 9.01. The highest BCUT2D eigenvalue weighted by Gasteiger charge is 2.56. The molecule has 0 radical (unpaired) electrons. The van der Waals surface area contributed by atoms with E-state index in [1.807, 2.05) is 25.3 Å². The molecule has 0 aliphatic carbocycles. The van der Waals surface area contributed by atoms with Gasteiger partial charge in [-0.3, -0.25) is 4.98 Å². The SMILES string of the molecule is C=C1N(c2ccc(F)c(Cl)c2)C(c2ccccn2)C1(CC=CC)CCC. The highest BCUT2D eigenvalue weighted by Crippen LogP contribution is 2.62. The molecule has 0 spiro atoms. The zero-order chi connectivity index (χ0) is 18.7. The number of allylic oxidation sites excluding steroid dienone is 2. The van der Waals surface area contributed by atoms with E-state index in [1.165, 1.54) is 6.07 Å². The van der Waals surface area contributed by atoms with E-state index in [0.717, 1.165) is 36.3 Å². The first kappa shape index (κ1) is 18.7. The number of hydrogen-bond donors (Lipinski definition) is 0. The Morgan fingerprint density at radius 1 is 1.35 bits per heavy atom. The third-order valence-electron chi connectivity index (χ3n) is 5.21. The van der Waals surface area contributed by atoms with E-state index in [-0.39, 0.29) is 16.5 Å². The molecule has 0 N–H and O–H groups in total. The quantitative estimate of drug-likeness (QED) is 0.526. The van der Waals surface area contributed by atoms with Crippen LogP contribution in [0.15, 0.2) is 67.0 Å². The van der Waals surface area contributed by atoms with Crippen LogP contribution in [0.1, 0.15) is 44.8 Å². The van der Waals surface area contributed by atoms with Crippen molar-refractivity contribution in [1.29, 1.82) is 0 Å². The van der Waals surface area contributed by atoms with Crippen molar-refractivity contribution in [2.45, 2.75) is 39.2 Å². The molecule has 0 amide bonds. The fourth-order valence-electron chi connectivity index (χ4n) is 4.01. The number of rotatable bonds is 6. The summed E-state index contributed by atoms with van der Waals surface area (Å²) in [6.07, 6.45) is 9.07. The fourth-order valence-corrected chi connectivity index (χ4v) is 4.19. The van der Waals surface area contributed by atoms with E-state index in [2.05, 4.69) is 41.6 Å². The van der Waals surface area contributed by atoms with Gasteiger partial charge in [0.05, 0.1) is 16.8 Å². The molecule has 2 heterocycles. The Balaban J connectivity index is 2.09. The molecule has 1 saturated heterocycles. The van der Waals surface area contributed by atoms with Crippen molar-refractivity contribution >= 4 is 17.3 Å². The maximum absolute atomic E-state index is 13.6. The molecule has 1 aromatic heterocycles. The number of benzene rings is 1. The summed E-state index contributed by atoms with van der Waals surface area (Å²) in [7, 11) is 0. The topological polar surface area (TPSA) is 16.1 Å². The molecule has 3 rings (SSSR count). The molecule has 0 bridgehead atoms. The largest absolute Gasteiger partial charge is 0.335 e. The Morgan fingerprint density at radius 3 is 2.77 bits per heavy atom. The molecule has 0 saturated carbocycles. The summed E-state index contributed by atoms with van der Waals surface area (Å²) in [6.45, 7) is 8.63. The number of aromatic nitrogens is 1. The Kier molecular flexibility index (Phi) is 5.47. The van der Waals surface area contributed by atoms with Gasteiger partial charge in [0.15, 0.2) is 0 Å². The maximum atomic E-state index is 13.6. The van der Waals surface area contributed by atoms with E-state index < -0.39 is 5.82 Å². The zero-order valence-electron chi connectivity index (χ0n) is 15.3. The minimum atomic E-state index is -0.412. The fraction of sp³-hybridized carbons (Fsp3) is 0.318. The summed E-state index contributed by atoms with van der Waals surface area (Å²) in [5.74, 6) is -0.412. The van der Waals surface area contributed by atoms with Crippen LogP contribution < -0.4 is 4.90 Å². The summed E-state index contributed by atoms with van der Waals surface area (Å²) in [5.41, 5.74) is 2.80. The van der Waals surface area contributed by atoms with E-state index in [0.29, 0.717) is 0 Å². The number of nitrogens with zero attached hydrogens (tertiary/aromatic N) is 2. The number of pyridine rings is 1. The molecule has 4 heteroatoms. The molecule has 2 aromatic rings. The third kappa shape index (κ3) is 3.05. The van der Waals surface area contributed by atoms with Gasteiger partial charge in [-0.1, -0.05) is 49.7 Å². The number of anilines is 1. The number of halogens is 2. The second kappa shape index (κ2) is 7.63. The second-order valence-electron chi connectivity index (χ2n) is 6.75. The van der Waals surface area contributed by atoms with E-state index in [4.69, 9.17) is 11.6 Å². The average Bonchev–Trinajstić information content (AvgIpc) is 2.66. The molecular formula is C22H24ClFN2. The van der Waals surface area contributed by atoms with E-state index >= 15 is 0 Å². The Morgan fingerprint density at radius 2 is 2.15 bits per heavy atom. The summed E-state index contributed by atoms with van der Waals surface area (Å²) >= 11 is 6.04. The van der Waals surface area contributed by atoms with Gasteiger partial charge in [0.25, 0.3) is 0 Å². The van der Waals surface area contributed by atoms with Gasteiger partial charge >= 0.3 is 0 Å². The predicted molar refractivity (Wildman–Crippen MR) is 107 cm³/mol. The van der Waals surface area contributed by atoms with Crippen LogP contribution in [0.5, 0.6) is 0 Å². The van der Waals surface area contributed by atoms with Crippen LogP contribution in [-0.4, -0.2) is 4.98 Å². The Bertz CT molecular complexity index is 818. The van der Waals surface area contributed by atoms with Gasteiger partial charge < -0.3 is 4.90 Å². The monoisotopic (exact) mass is 370 g/mol. The summed E-state index contributed by atoms with van der Waals surface area (Å²) in [5, 5.41) is 0.122. The van der Waals surface area contributed by atoms with Crippen molar-refractivity contribution in [3.05, 3.63) is 83.6 Å². The first-order valence-corrected chi connectivity index (χ1v) is 9.38. The molecule has 1 fully saturated rings. The highest BCUT2D eigenvalue weighted by molar-refractivity contribution is 6.31. The lowest BCUT2D eigenvalue weighted by Crippen LogP contribution is -2.56. The smallest absolute Gasteiger partial charge is 0.141 e. The molecule has 2 atom stereocenters. The van der Waals surface area contributed by atoms with Crippen molar-refractivity contribution in [3.63, 3.8) is 0 Å². The van der Waals surface area contributed by atoms with Gasteiger partial charge in [-0.15, -0.1) is 0 Å². The lowest BCUT2D eigenvalue weighted by atomic mass is 9.62. The van der Waals surface area contributed by atoms with Crippen molar-refractivity contribution < 1.29 is 4.39 Å². The second-order valence-corrected chi connectivity index (χ2v) is 7.16. The molecular weight excluding hydrogens is 347 g/mol. The highest BCUT2D eigenvalue weighted by atomic mass is 35.5. The summed E-state index contributed by atoms with van der Waals surface area (Å²) < 4.78 is 13.6. The minimum absolute atomic E-state index is 0.0499. The lowest BCUT2D eigenvalue weighted by molar-refractivity contribution is 0.171. The molecule has 26 heavy (non-hydrogen) atoms. The van der Waals surface area contributed by atoms with Gasteiger partial charge in [-0.05, 0) is 50.1 Å². The lowest BCUT2D eigenvalue weighted by Gasteiger charge is -2.60. The molecule has 1 aliphatic rings. The normalized spacial score (nSPS) is 22.7. The molecule has 1 aliphatic heterocycles. The van der Waals surface area contributed by atoms with Gasteiger partial charge in [-0.25, -0.2) is 4.39 Å². The molecule has 2 unspecified atom stereocenters. The van der Waals surface area contributed by atoms with Crippen LogP contribution in [0, 0.1) is 11.2 Å². The van der Waals surface area contributed by atoms with E-state index in [9.17, 15) is 4.39 Å². The Hall–Kier alpha value is -2.13. The van der Waals surface area contributed by atoms with Crippen molar-refractivity contribution in [2.75, 3.05) is 4.90 Å². The Labute approximate surface area is 160 Å². The van der Waals surface area contributed by atoms with Gasteiger partial charge in [0.2, 0.25) is 0 Å².